The fraction of sp³-hybridized carbons (Fsp3) is 0.471. The van der Waals surface area contributed by atoms with Crippen molar-refractivity contribution in [3.63, 3.8) is 0 Å². The Morgan fingerprint density at radius 1 is 1.36 bits per heavy atom. The highest BCUT2D eigenvalue weighted by molar-refractivity contribution is 6.00. The predicted molar refractivity (Wildman–Crippen MR) is 85.9 cm³/mol. The first-order chi connectivity index (χ1) is 10.6. The fourth-order valence-electron chi connectivity index (χ4n) is 4.11. The maximum atomic E-state index is 12.4. The van der Waals surface area contributed by atoms with Gasteiger partial charge in [-0.25, -0.2) is 4.79 Å². The molecule has 0 bridgehead atoms. The van der Waals surface area contributed by atoms with Crippen LogP contribution in [0.4, 0.5) is 10.5 Å². The van der Waals surface area contributed by atoms with Gasteiger partial charge in [0.25, 0.3) is 0 Å². The molecule has 1 aliphatic carbocycles. The van der Waals surface area contributed by atoms with Crippen LogP contribution in [0.2, 0.25) is 0 Å². The molecule has 0 spiro atoms. The molecule has 2 heterocycles. The molecular weight excluding hydrogens is 278 g/mol. The van der Waals surface area contributed by atoms with Crippen molar-refractivity contribution < 1.29 is 9.53 Å². The SMILES string of the molecule is CC1(C)[C@H](NC(=O)Nc2cccc3[nH]ccc23)[C@@H]2CCO[C@H]21. The first-order valence-corrected chi connectivity index (χ1v) is 7.82. The van der Waals surface area contributed by atoms with E-state index in [0.717, 1.165) is 29.6 Å². The molecule has 2 amide bonds. The Bertz CT molecular complexity index is 722. The number of ether oxygens (including phenoxy) is 1. The van der Waals surface area contributed by atoms with Gasteiger partial charge in [-0.05, 0) is 24.6 Å². The van der Waals surface area contributed by atoms with Crippen LogP contribution in [-0.2, 0) is 4.74 Å². The second-order valence-corrected chi connectivity index (χ2v) is 6.89. The standard InChI is InChI=1S/C17H21N3O2/c1-17(2)14(11-7-9-22-15(11)17)20-16(21)19-13-5-3-4-12-10(13)6-8-18-12/h3-6,8,11,14-15,18H,7,9H2,1-2H3,(H2,19,20,21)/t11-,14+,15+/m0/s1. The molecule has 3 N–H and O–H groups in total. The van der Waals surface area contributed by atoms with Crippen molar-refractivity contribution in [2.45, 2.75) is 32.4 Å². The lowest BCUT2D eigenvalue weighted by Gasteiger charge is -2.54. The monoisotopic (exact) mass is 299 g/mol. The molecule has 5 nitrogen and oxygen atoms in total. The molecule has 0 unspecified atom stereocenters. The number of carbonyl (C=O) groups excluding carboxylic acids is 1. The van der Waals surface area contributed by atoms with Crippen molar-refractivity contribution in [2.24, 2.45) is 11.3 Å². The van der Waals surface area contributed by atoms with E-state index in [4.69, 9.17) is 4.74 Å². The minimum Gasteiger partial charge on any atom is -0.377 e. The molecule has 1 aliphatic heterocycles. The van der Waals surface area contributed by atoms with E-state index in [1.54, 1.807) is 0 Å². The third kappa shape index (κ3) is 1.92. The van der Waals surface area contributed by atoms with Crippen molar-refractivity contribution in [1.82, 2.24) is 10.3 Å². The number of fused-ring (bicyclic) bond motifs is 2. The number of amides is 2. The number of hydrogen-bond donors (Lipinski definition) is 3. The molecule has 2 aliphatic rings. The number of aromatic nitrogens is 1. The van der Waals surface area contributed by atoms with E-state index in [9.17, 15) is 4.79 Å². The van der Waals surface area contributed by atoms with Gasteiger partial charge >= 0.3 is 6.03 Å². The summed E-state index contributed by atoms with van der Waals surface area (Å²) in [5, 5.41) is 7.14. The summed E-state index contributed by atoms with van der Waals surface area (Å²) in [6.45, 7) is 5.13. The normalized spacial score (nSPS) is 28.9. The Morgan fingerprint density at radius 2 is 2.23 bits per heavy atom. The number of carbonyl (C=O) groups is 1. The molecule has 22 heavy (non-hydrogen) atoms. The van der Waals surface area contributed by atoms with Gasteiger partial charge in [0.1, 0.15) is 0 Å². The number of urea groups is 1. The molecule has 1 aromatic carbocycles. The zero-order valence-corrected chi connectivity index (χ0v) is 12.8. The van der Waals surface area contributed by atoms with Crippen LogP contribution in [0.3, 0.4) is 0 Å². The van der Waals surface area contributed by atoms with Crippen LogP contribution in [-0.4, -0.2) is 29.8 Å². The lowest BCUT2D eigenvalue weighted by atomic mass is 9.57. The van der Waals surface area contributed by atoms with Gasteiger partial charge in [-0.15, -0.1) is 0 Å². The number of H-pyrrole nitrogens is 1. The van der Waals surface area contributed by atoms with Gasteiger partial charge in [-0.1, -0.05) is 19.9 Å². The summed E-state index contributed by atoms with van der Waals surface area (Å²) in [5.74, 6) is 0.448. The van der Waals surface area contributed by atoms with Gasteiger partial charge in [0.2, 0.25) is 0 Å². The number of nitrogens with one attached hydrogen (secondary N) is 3. The van der Waals surface area contributed by atoms with Gasteiger partial charge in [-0.2, -0.15) is 0 Å². The average Bonchev–Trinajstić information content (AvgIpc) is 3.13. The number of aromatic amines is 1. The Morgan fingerprint density at radius 3 is 3.09 bits per heavy atom. The van der Waals surface area contributed by atoms with E-state index in [1.165, 1.54) is 0 Å². The lowest BCUT2D eigenvalue weighted by Crippen LogP contribution is -2.67. The minimum absolute atomic E-state index is 0.00139. The number of benzene rings is 1. The van der Waals surface area contributed by atoms with Crippen molar-refractivity contribution in [2.75, 3.05) is 11.9 Å². The van der Waals surface area contributed by atoms with Crippen molar-refractivity contribution in [3.05, 3.63) is 30.5 Å². The van der Waals surface area contributed by atoms with Crippen LogP contribution in [0.25, 0.3) is 10.9 Å². The van der Waals surface area contributed by atoms with Crippen LogP contribution in [0.5, 0.6) is 0 Å². The largest absolute Gasteiger partial charge is 0.377 e. The van der Waals surface area contributed by atoms with Crippen molar-refractivity contribution in [3.8, 4) is 0 Å². The zero-order valence-electron chi connectivity index (χ0n) is 12.8. The molecule has 4 rings (SSSR count). The Hall–Kier alpha value is -2.01. The van der Waals surface area contributed by atoms with Crippen LogP contribution in [0.1, 0.15) is 20.3 Å². The number of anilines is 1. The van der Waals surface area contributed by atoms with E-state index in [1.807, 2.05) is 30.5 Å². The number of hydrogen-bond acceptors (Lipinski definition) is 2. The molecule has 5 heteroatoms. The van der Waals surface area contributed by atoms with E-state index in [0.29, 0.717) is 5.92 Å². The first-order valence-electron chi connectivity index (χ1n) is 7.82. The smallest absolute Gasteiger partial charge is 0.319 e. The average molecular weight is 299 g/mol. The van der Waals surface area contributed by atoms with Crippen LogP contribution in [0, 0.1) is 11.3 Å². The van der Waals surface area contributed by atoms with E-state index >= 15 is 0 Å². The highest BCUT2D eigenvalue weighted by Crippen LogP contribution is 2.52. The molecule has 3 atom stereocenters. The zero-order chi connectivity index (χ0) is 15.3. The van der Waals surface area contributed by atoms with Crippen LogP contribution < -0.4 is 10.6 Å². The molecule has 1 aromatic heterocycles. The van der Waals surface area contributed by atoms with Crippen LogP contribution >= 0.6 is 0 Å². The lowest BCUT2D eigenvalue weighted by molar-refractivity contribution is -0.107. The van der Waals surface area contributed by atoms with Gasteiger partial charge in [0, 0.05) is 41.1 Å². The summed E-state index contributed by atoms with van der Waals surface area (Å²) >= 11 is 0. The maximum absolute atomic E-state index is 12.4. The van der Waals surface area contributed by atoms with Gasteiger partial charge < -0.3 is 20.4 Å². The second-order valence-electron chi connectivity index (χ2n) is 6.89. The van der Waals surface area contributed by atoms with Crippen LogP contribution in [0.15, 0.2) is 30.5 Å². The maximum Gasteiger partial charge on any atom is 0.319 e. The minimum atomic E-state index is -0.142. The molecular formula is C17H21N3O2. The molecule has 2 aromatic rings. The van der Waals surface area contributed by atoms with Gasteiger partial charge in [0.15, 0.2) is 0 Å². The summed E-state index contributed by atoms with van der Waals surface area (Å²) in [5.41, 5.74) is 1.84. The topological polar surface area (TPSA) is 66.2 Å². The first kappa shape index (κ1) is 13.6. The Balaban J connectivity index is 1.48. The summed E-state index contributed by atoms with van der Waals surface area (Å²) in [6, 6.07) is 7.85. The number of rotatable bonds is 2. The summed E-state index contributed by atoms with van der Waals surface area (Å²) < 4.78 is 5.77. The summed E-state index contributed by atoms with van der Waals surface area (Å²) in [6.07, 6.45) is 3.20. The molecule has 2 fully saturated rings. The fourth-order valence-corrected chi connectivity index (χ4v) is 4.11. The molecule has 1 saturated heterocycles. The molecule has 1 saturated carbocycles. The third-order valence-corrected chi connectivity index (χ3v) is 5.23. The molecule has 116 valence electrons. The van der Waals surface area contributed by atoms with Crippen molar-refractivity contribution in [1.29, 1.82) is 0 Å². The molecule has 0 radical (unpaired) electrons. The van der Waals surface area contributed by atoms with E-state index < -0.39 is 0 Å². The van der Waals surface area contributed by atoms with Gasteiger partial charge in [0.05, 0.1) is 11.8 Å². The highest BCUT2D eigenvalue weighted by atomic mass is 16.5. The quantitative estimate of drug-likeness (QED) is 0.797. The third-order valence-electron chi connectivity index (χ3n) is 5.23. The summed E-state index contributed by atoms with van der Waals surface area (Å²) in [7, 11) is 0. The summed E-state index contributed by atoms with van der Waals surface area (Å²) in [4.78, 5) is 15.5. The highest BCUT2D eigenvalue weighted by Gasteiger charge is 2.59. The van der Waals surface area contributed by atoms with Crippen molar-refractivity contribution >= 4 is 22.6 Å². The predicted octanol–water partition coefficient (Wildman–Crippen LogP) is 3.10. The Labute approximate surface area is 129 Å². The van der Waals surface area contributed by atoms with E-state index in [-0.39, 0.29) is 23.6 Å². The van der Waals surface area contributed by atoms with E-state index in [2.05, 4.69) is 29.5 Å². The van der Waals surface area contributed by atoms with Gasteiger partial charge in [-0.3, -0.25) is 0 Å². The second kappa shape index (κ2) is 4.74. The Kier molecular flexibility index (Phi) is 2.94.